The molecule has 2 heterocycles. The molecule has 1 aliphatic heterocycles. The molecule has 1 N–H and O–H groups in total. The predicted octanol–water partition coefficient (Wildman–Crippen LogP) is 4.22. The summed E-state index contributed by atoms with van der Waals surface area (Å²) in [5.74, 6) is 0.566. The number of hydrogen-bond acceptors (Lipinski definition) is 4. The van der Waals surface area contributed by atoms with Crippen LogP contribution in [0, 0.1) is 6.92 Å². The van der Waals surface area contributed by atoms with Crippen LogP contribution in [0.2, 0.25) is 0 Å². The molecule has 0 radical (unpaired) electrons. The van der Waals surface area contributed by atoms with E-state index in [9.17, 15) is 4.79 Å². The van der Waals surface area contributed by atoms with Gasteiger partial charge in [0.25, 0.3) is 5.91 Å². The predicted molar refractivity (Wildman–Crippen MR) is 114 cm³/mol. The second kappa shape index (κ2) is 9.05. The maximum absolute atomic E-state index is 12.5. The summed E-state index contributed by atoms with van der Waals surface area (Å²) in [7, 11) is 0. The maximum Gasteiger partial charge on any atom is 0.251 e. The Morgan fingerprint density at radius 3 is 2.72 bits per heavy atom. The molecule has 150 valence electrons. The molecule has 1 aliphatic rings. The van der Waals surface area contributed by atoms with Gasteiger partial charge in [0, 0.05) is 30.6 Å². The van der Waals surface area contributed by atoms with Crippen LogP contribution in [0.25, 0.3) is 11.5 Å². The van der Waals surface area contributed by atoms with Crippen LogP contribution in [0.5, 0.6) is 0 Å². The molecule has 2 aromatic carbocycles. The highest BCUT2D eigenvalue weighted by Crippen LogP contribution is 2.19. The number of oxazole rings is 1. The monoisotopic (exact) mass is 389 g/mol. The number of aromatic nitrogens is 1. The Kier molecular flexibility index (Phi) is 6.06. The van der Waals surface area contributed by atoms with Crippen molar-refractivity contribution in [3.8, 4) is 11.5 Å². The number of hydrogen-bond donors (Lipinski definition) is 1. The van der Waals surface area contributed by atoms with Gasteiger partial charge in [0.1, 0.15) is 6.26 Å². The number of carbonyl (C=O) groups is 1. The summed E-state index contributed by atoms with van der Waals surface area (Å²) in [5.41, 5.74) is 4.90. The molecule has 0 saturated carbocycles. The lowest BCUT2D eigenvalue weighted by molar-refractivity contribution is 0.0954. The molecule has 0 atom stereocenters. The maximum atomic E-state index is 12.5. The Morgan fingerprint density at radius 1 is 1.14 bits per heavy atom. The minimum atomic E-state index is -0.0458. The highest BCUT2D eigenvalue weighted by atomic mass is 16.3. The van der Waals surface area contributed by atoms with Gasteiger partial charge in [0.05, 0.1) is 5.69 Å². The molecule has 0 spiro atoms. The van der Waals surface area contributed by atoms with Crippen LogP contribution in [0.3, 0.4) is 0 Å². The first kappa shape index (κ1) is 19.4. The van der Waals surface area contributed by atoms with Crippen LogP contribution in [0.1, 0.15) is 40.0 Å². The van der Waals surface area contributed by atoms with Crippen molar-refractivity contribution in [2.75, 3.05) is 19.6 Å². The first-order valence-corrected chi connectivity index (χ1v) is 10.3. The number of amides is 1. The minimum Gasteiger partial charge on any atom is -0.444 e. The van der Waals surface area contributed by atoms with Gasteiger partial charge in [-0.2, -0.15) is 0 Å². The zero-order valence-electron chi connectivity index (χ0n) is 16.9. The van der Waals surface area contributed by atoms with Gasteiger partial charge in [0.2, 0.25) is 5.89 Å². The van der Waals surface area contributed by atoms with E-state index in [-0.39, 0.29) is 5.91 Å². The standard InChI is InChI=1S/C24H27N3O2/c1-18-7-9-20(10-8-18)24-26-22(17-29-24)11-12-25-23(28)21-6-4-5-19(15-21)16-27-13-2-3-14-27/h4-10,15,17H,2-3,11-14,16H2,1H3,(H,25,28). The summed E-state index contributed by atoms with van der Waals surface area (Å²) < 4.78 is 5.58. The Bertz CT molecular complexity index is 956. The summed E-state index contributed by atoms with van der Waals surface area (Å²) >= 11 is 0. The van der Waals surface area contributed by atoms with Crippen molar-refractivity contribution in [1.29, 1.82) is 0 Å². The smallest absolute Gasteiger partial charge is 0.251 e. The second-order valence-corrected chi connectivity index (χ2v) is 7.70. The summed E-state index contributed by atoms with van der Waals surface area (Å²) in [4.78, 5) is 19.5. The SMILES string of the molecule is Cc1ccc(-c2nc(CCNC(=O)c3cccc(CN4CCCC4)c3)co2)cc1. The Labute approximate surface area is 171 Å². The second-order valence-electron chi connectivity index (χ2n) is 7.70. The molecule has 1 aromatic heterocycles. The van der Waals surface area contributed by atoms with E-state index >= 15 is 0 Å². The summed E-state index contributed by atoms with van der Waals surface area (Å²) in [6, 6.07) is 16.0. The lowest BCUT2D eigenvalue weighted by atomic mass is 10.1. The van der Waals surface area contributed by atoms with E-state index in [4.69, 9.17) is 4.42 Å². The topological polar surface area (TPSA) is 58.4 Å². The first-order valence-electron chi connectivity index (χ1n) is 10.3. The van der Waals surface area contributed by atoms with Crippen LogP contribution < -0.4 is 5.32 Å². The van der Waals surface area contributed by atoms with E-state index in [1.807, 2.05) is 42.5 Å². The highest BCUT2D eigenvalue weighted by Gasteiger charge is 2.13. The van der Waals surface area contributed by atoms with Crippen molar-refractivity contribution in [3.63, 3.8) is 0 Å². The van der Waals surface area contributed by atoms with Crippen molar-refractivity contribution in [2.45, 2.75) is 32.7 Å². The number of likely N-dealkylation sites (tertiary alicyclic amines) is 1. The van der Waals surface area contributed by atoms with Gasteiger partial charge >= 0.3 is 0 Å². The van der Waals surface area contributed by atoms with Crippen LogP contribution in [0.4, 0.5) is 0 Å². The van der Waals surface area contributed by atoms with E-state index in [1.165, 1.54) is 24.0 Å². The van der Waals surface area contributed by atoms with Gasteiger partial charge in [-0.1, -0.05) is 29.8 Å². The quantitative estimate of drug-likeness (QED) is 0.657. The molecule has 1 saturated heterocycles. The third-order valence-corrected chi connectivity index (χ3v) is 5.31. The van der Waals surface area contributed by atoms with Gasteiger partial charge in [-0.3, -0.25) is 9.69 Å². The van der Waals surface area contributed by atoms with Crippen molar-refractivity contribution in [1.82, 2.24) is 15.2 Å². The van der Waals surface area contributed by atoms with Gasteiger partial charge in [0.15, 0.2) is 0 Å². The normalized spacial score (nSPS) is 14.2. The van der Waals surface area contributed by atoms with Crippen molar-refractivity contribution in [2.24, 2.45) is 0 Å². The number of benzene rings is 2. The van der Waals surface area contributed by atoms with Gasteiger partial charge in [-0.15, -0.1) is 0 Å². The molecular formula is C24H27N3O2. The van der Waals surface area contributed by atoms with Crippen molar-refractivity contribution >= 4 is 5.91 Å². The molecule has 1 fully saturated rings. The van der Waals surface area contributed by atoms with Crippen LogP contribution in [0.15, 0.2) is 59.2 Å². The number of nitrogens with one attached hydrogen (secondary N) is 1. The van der Waals surface area contributed by atoms with Gasteiger partial charge in [-0.05, 0) is 62.7 Å². The molecule has 3 aromatic rings. The third kappa shape index (κ3) is 5.12. The van der Waals surface area contributed by atoms with E-state index in [0.29, 0.717) is 24.4 Å². The Morgan fingerprint density at radius 2 is 1.93 bits per heavy atom. The van der Waals surface area contributed by atoms with E-state index in [2.05, 4.69) is 28.2 Å². The number of rotatable bonds is 7. The summed E-state index contributed by atoms with van der Waals surface area (Å²) in [5, 5.41) is 2.99. The Hall–Kier alpha value is -2.92. The summed E-state index contributed by atoms with van der Waals surface area (Å²) in [6.45, 7) is 5.80. The average Bonchev–Trinajstić information content (AvgIpc) is 3.41. The number of nitrogens with zero attached hydrogens (tertiary/aromatic N) is 2. The number of carbonyl (C=O) groups excluding carboxylic acids is 1. The average molecular weight is 389 g/mol. The molecule has 5 heteroatoms. The van der Waals surface area contributed by atoms with Crippen LogP contribution >= 0.6 is 0 Å². The van der Waals surface area contributed by atoms with Crippen LogP contribution in [-0.2, 0) is 13.0 Å². The molecule has 5 nitrogen and oxygen atoms in total. The molecule has 4 rings (SSSR count). The zero-order chi connectivity index (χ0) is 20.1. The lowest BCUT2D eigenvalue weighted by Gasteiger charge is -2.15. The molecule has 0 unspecified atom stereocenters. The lowest BCUT2D eigenvalue weighted by Crippen LogP contribution is -2.26. The van der Waals surface area contributed by atoms with E-state index < -0.39 is 0 Å². The Balaban J connectivity index is 1.29. The molecule has 0 aliphatic carbocycles. The van der Waals surface area contributed by atoms with Gasteiger partial charge in [-0.25, -0.2) is 4.98 Å². The fraction of sp³-hybridized carbons (Fsp3) is 0.333. The molecular weight excluding hydrogens is 362 g/mol. The zero-order valence-corrected chi connectivity index (χ0v) is 16.9. The summed E-state index contributed by atoms with van der Waals surface area (Å²) in [6.07, 6.45) is 4.84. The van der Waals surface area contributed by atoms with Crippen LogP contribution in [-0.4, -0.2) is 35.4 Å². The molecule has 29 heavy (non-hydrogen) atoms. The van der Waals surface area contributed by atoms with Gasteiger partial charge < -0.3 is 9.73 Å². The van der Waals surface area contributed by atoms with Crippen molar-refractivity contribution < 1.29 is 9.21 Å². The van der Waals surface area contributed by atoms with Crippen molar-refractivity contribution in [3.05, 3.63) is 77.2 Å². The minimum absolute atomic E-state index is 0.0458. The number of aryl methyl sites for hydroxylation is 1. The van der Waals surface area contributed by atoms with E-state index in [1.54, 1.807) is 6.26 Å². The van der Waals surface area contributed by atoms with E-state index in [0.717, 1.165) is 30.9 Å². The molecule has 1 amide bonds. The fourth-order valence-corrected chi connectivity index (χ4v) is 3.67. The molecule has 0 bridgehead atoms. The largest absolute Gasteiger partial charge is 0.444 e. The third-order valence-electron chi connectivity index (χ3n) is 5.31. The fourth-order valence-electron chi connectivity index (χ4n) is 3.67. The first-order chi connectivity index (χ1) is 14.2. The highest BCUT2D eigenvalue weighted by molar-refractivity contribution is 5.94.